The fourth-order valence-corrected chi connectivity index (χ4v) is 1.76. The first-order valence-corrected chi connectivity index (χ1v) is 6.01. The second kappa shape index (κ2) is 4.39. The van der Waals surface area contributed by atoms with E-state index in [1.807, 2.05) is 0 Å². The van der Waals surface area contributed by atoms with Crippen LogP contribution >= 0.6 is 0 Å². The second-order valence-electron chi connectivity index (χ2n) is 5.11. The lowest BCUT2D eigenvalue weighted by Gasteiger charge is -2.27. The van der Waals surface area contributed by atoms with Crippen LogP contribution in [-0.2, 0) is 0 Å². The van der Waals surface area contributed by atoms with E-state index < -0.39 is 0 Å². The number of guanidine groups is 1. The molecule has 0 bridgehead atoms. The molecule has 2 saturated carbocycles. The molecule has 0 atom stereocenters. The molecule has 4 nitrogen and oxygen atoms in total. The Labute approximate surface area is 91.9 Å². The summed E-state index contributed by atoms with van der Waals surface area (Å²) in [7, 11) is 0. The number of nitrogens with zero attached hydrogens (tertiary/aromatic N) is 2. The van der Waals surface area contributed by atoms with Crippen LogP contribution in [0.2, 0.25) is 0 Å². The van der Waals surface area contributed by atoms with Gasteiger partial charge in [0.05, 0.1) is 6.04 Å². The minimum absolute atomic E-state index is 0.532. The predicted molar refractivity (Wildman–Crippen MR) is 62.3 cm³/mol. The summed E-state index contributed by atoms with van der Waals surface area (Å²) >= 11 is 0. The normalized spacial score (nSPS) is 22.0. The summed E-state index contributed by atoms with van der Waals surface area (Å²) in [4.78, 5) is 6.98. The van der Waals surface area contributed by atoms with Gasteiger partial charge in [-0.3, -0.25) is 5.43 Å². The molecule has 0 radical (unpaired) electrons. The van der Waals surface area contributed by atoms with Crippen LogP contribution in [0.3, 0.4) is 0 Å². The van der Waals surface area contributed by atoms with Gasteiger partial charge in [-0.05, 0) is 31.6 Å². The molecule has 4 heteroatoms. The number of hydrogen-bond donors (Lipinski definition) is 2. The molecule has 0 saturated heterocycles. The van der Waals surface area contributed by atoms with Crippen LogP contribution in [0.15, 0.2) is 4.99 Å². The maximum atomic E-state index is 5.57. The summed E-state index contributed by atoms with van der Waals surface area (Å²) in [5.41, 5.74) is 2.78. The molecule has 86 valence electrons. The summed E-state index contributed by atoms with van der Waals surface area (Å²) in [6, 6.07) is 1.21. The zero-order valence-electron chi connectivity index (χ0n) is 9.74. The highest BCUT2D eigenvalue weighted by molar-refractivity contribution is 5.80. The Morgan fingerprint density at radius 2 is 2.07 bits per heavy atom. The van der Waals surface area contributed by atoms with Crippen molar-refractivity contribution >= 4 is 5.96 Å². The van der Waals surface area contributed by atoms with Gasteiger partial charge >= 0.3 is 0 Å². The third kappa shape index (κ3) is 3.09. The third-order valence-corrected chi connectivity index (χ3v) is 2.80. The quantitative estimate of drug-likeness (QED) is 0.316. The van der Waals surface area contributed by atoms with Crippen LogP contribution in [0, 0.1) is 5.92 Å². The zero-order valence-corrected chi connectivity index (χ0v) is 9.74. The Morgan fingerprint density at radius 3 is 2.47 bits per heavy atom. The van der Waals surface area contributed by atoms with Crippen LogP contribution < -0.4 is 11.3 Å². The van der Waals surface area contributed by atoms with Gasteiger partial charge in [-0.15, -0.1) is 0 Å². The van der Waals surface area contributed by atoms with Crippen molar-refractivity contribution < 1.29 is 0 Å². The van der Waals surface area contributed by atoms with E-state index in [1.54, 1.807) is 0 Å². The first-order valence-electron chi connectivity index (χ1n) is 6.01. The first kappa shape index (κ1) is 10.7. The van der Waals surface area contributed by atoms with E-state index >= 15 is 0 Å². The molecule has 15 heavy (non-hydrogen) atoms. The van der Waals surface area contributed by atoms with Gasteiger partial charge in [-0.25, -0.2) is 10.8 Å². The number of rotatable bonds is 4. The molecule has 2 aliphatic rings. The molecule has 0 aromatic carbocycles. The van der Waals surface area contributed by atoms with Crippen LogP contribution in [-0.4, -0.2) is 29.5 Å². The molecule has 2 aliphatic carbocycles. The monoisotopic (exact) mass is 210 g/mol. The Hall–Kier alpha value is -0.770. The van der Waals surface area contributed by atoms with E-state index in [-0.39, 0.29) is 0 Å². The van der Waals surface area contributed by atoms with E-state index in [2.05, 4.69) is 29.2 Å². The van der Waals surface area contributed by atoms with Gasteiger partial charge in [0.1, 0.15) is 0 Å². The topological polar surface area (TPSA) is 53.6 Å². The van der Waals surface area contributed by atoms with Crippen molar-refractivity contribution in [1.29, 1.82) is 0 Å². The van der Waals surface area contributed by atoms with Gasteiger partial charge in [0.2, 0.25) is 5.96 Å². The largest absolute Gasteiger partial charge is 0.339 e. The summed E-state index contributed by atoms with van der Waals surface area (Å²) in [5, 5.41) is 0. The van der Waals surface area contributed by atoms with Crippen LogP contribution in [0.5, 0.6) is 0 Å². The SMILES string of the molecule is CC(C)CN(C(=NC1CC1)NN)C1CC1. The summed E-state index contributed by atoms with van der Waals surface area (Å²) in [6.07, 6.45) is 5.03. The van der Waals surface area contributed by atoms with Crippen LogP contribution in [0.25, 0.3) is 0 Å². The van der Waals surface area contributed by atoms with Gasteiger partial charge in [0, 0.05) is 12.6 Å². The van der Waals surface area contributed by atoms with Crippen molar-refractivity contribution in [2.24, 2.45) is 16.8 Å². The molecule has 0 aliphatic heterocycles. The van der Waals surface area contributed by atoms with E-state index in [0.717, 1.165) is 12.5 Å². The van der Waals surface area contributed by atoms with Gasteiger partial charge in [-0.1, -0.05) is 13.8 Å². The number of hydrazine groups is 1. The smallest absolute Gasteiger partial charge is 0.208 e. The van der Waals surface area contributed by atoms with Crippen LogP contribution in [0.4, 0.5) is 0 Å². The number of nitrogens with one attached hydrogen (secondary N) is 1. The van der Waals surface area contributed by atoms with Crippen molar-refractivity contribution in [3.8, 4) is 0 Å². The van der Waals surface area contributed by atoms with E-state index in [0.29, 0.717) is 18.0 Å². The summed E-state index contributed by atoms with van der Waals surface area (Å²) in [6.45, 7) is 5.53. The highest BCUT2D eigenvalue weighted by atomic mass is 15.4. The molecule has 0 unspecified atom stereocenters. The van der Waals surface area contributed by atoms with Crippen molar-refractivity contribution in [3.63, 3.8) is 0 Å². The van der Waals surface area contributed by atoms with E-state index in [4.69, 9.17) is 5.84 Å². The lowest BCUT2D eigenvalue weighted by atomic mass is 10.2. The lowest BCUT2D eigenvalue weighted by molar-refractivity contribution is 0.345. The maximum absolute atomic E-state index is 5.57. The van der Waals surface area contributed by atoms with E-state index in [9.17, 15) is 0 Å². The lowest BCUT2D eigenvalue weighted by Crippen LogP contribution is -2.47. The molecule has 0 amide bonds. The predicted octanol–water partition coefficient (Wildman–Crippen LogP) is 1.09. The van der Waals surface area contributed by atoms with Gasteiger partial charge in [-0.2, -0.15) is 0 Å². The standard InChI is InChI=1S/C11H22N4/c1-8(2)7-15(10-5-6-10)11(14-12)13-9-3-4-9/h8-10H,3-7,12H2,1-2H3,(H,13,14). The molecule has 2 rings (SSSR count). The molecule has 0 aromatic heterocycles. The Kier molecular flexibility index (Phi) is 3.14. The highest BCUT2D eigenvalue weighted by Gasteiger charge is 2.32. The second-order valence-corrected chi connectivity index (χ2v) is 5.11. The molecule has 3 N–H and O–H groups in total. The first-order chi connectivity index (χ1) is 7.20. The van der Waals surface area contributed by atoms with Crippen LogP contribution in [0.1, 0.15) is 39.5 Å². The molecule has 0 spiro atoms. The Morgan fingerprint density at radius 1 is 1.40 bits per heavy atom. The van der Waals surface area contributed by atoms with Crippen molar-refractivity contribution in [2.45, 2.75) is 51.6 Å². The van der Waals surface area contributed by atoms with Crippen molar-refractivity contribution in [3.05, 3.63) is 0 Å². The number of nitrogens with two attached hydrogens (primary N) is 1. The van der Waals surface area contributed by atoms with E-state index in [1.165, 1.54) is 25.7 Å². The van der Waals surface area contributed by atoms with Gasteiger partial charge < -0.3 is 4.90 Å². The molecule has 0 aromatic rings. The van der Waals surface area contributed by atoms with Crippen molar-refractivity contribution in [2.75, 3.05) is 6.54 Å². The Bertz CT molecular complexity index is 241. The zero-order chi connectivity index (χ0) is 10.8. The molecular weight excluding hydrogens is 188 g/mol. The maximum Gasteiger partial charge on any atom is 0.208 e. The van der Waals surface area contributed by atoms with Crippen molar-refractivity contribution in [1.82, 2.24) is 10.3 Å². The van der Waals surface area contributed by atoms with Gasteiger partial charge in [0.25, 0.3) is 0 Å². The Balaban J connectivity index is 1.99. The summed E-state index contributed by atoms with van der Waals surface area (Å²) < 4.78 is 0. The fraction of sp³-hybridized carbons (Fsp3) is 0.909. The summed E-state index contributed by atoms with van der Waals surface area (Å²) in [5.74, 6) is 7.14. The third-order valence-electron chi connectivity index (χ3n) is 2.80. The number of hydrogen-bond acceptors (Lipinski definition) is 2. The van der Waals surface area contributed by atoms with Gasteiger partial charge in [0.15, 0.2) is 0 Å². The minimum Gasteiger partial charge on any atom is -0.339 e. The highest BCUT2D eigenvalue weighted by Crippen LogP contribution is 2.29. The molecular formula is C11H22N4. The molecule has 0 heterocycles. The molecule has 2 fully saturated rings. The number of aliphatic imine (C=N–C) groups is 1. The average Bonchev–Trinajstić information content (AvgIpc) is 3.01. The minimum atomic E-state index is 0.532. The average molecular weight is 210 g/mol. The fourth-order valence-electron chi connectivity index (χ4n) is 1.76.